The number of halogens is 1. The van der Waals surface area contributed by atoms with Crippen LogP contribution < -0.4 is 0 Å². The lowest BCUT2D eigenvalue weighted by Crippen LogP contribution is -2.16. The topological polar surface area (TPSA) is 74.6 Å². The number of carbonyl (C=O) groups is 2. The molecule has 0 spiro atoms. The molecular formula is C12H13BrO4S. The van der Waals surface area contributed by atoms with E-state index in [0.29, 0.717) is 10.5 Å². The van der Waals surface area contributed by atoms with Gasteiger partial charge in [0.05, 0.1) is 4.83 Å². The van der Waals surface area contributed by atoms with E-state index < -0.39 is 12.1 Å². The Morgan fingerprint density at radius 1 is 1.39 bits per heavy atom. The summed E-state index contributed by atoms with van der Waals surface area (Å²) in [5, 5.41) is 18.5. The molecule has 6 heteroatoms. The van der Waals surface area contributed by atoms with Gasteiger partial charge in [-0.25, -0.2) is 4.79 Å². The van der Waals surface area contributed by atoms with Crippen LogP contribution in [-0.2, 0) is 4.79 Å². The minimum absolute atomic E-state index is 0.140. The van der Waals surface area contributed by atoms with Crippen molar-refractivity contribution in [1.82, 2.24) is 0 Å². The summed E-state index contributed by atoms with van der Waals surface area (Å²) < 4.78 is 0. The van der Waals surface area contributed by atoms with E-state index in [1.165, 1.54) is 17.8 Å². The van der Waals surface area contributed by atoms with E-state index >= 15 is 0 Å². The second-order valence-corrected chi connectivity index (χ2v) is 5.84. The molecule has 4 nitrogen and oxygen atoms in total. The quantitative estimate of drug-likeness (QED) is 0.492. The van der Waals surface area contributed by atoms with Gasteiger partial charge in [-0.2, -0.15) is 0 Å². The van der Waals surface area contributed by atoms with Crippen molar-refractivity contribution in [1.29, 1.82) is 0 Å². The fourth-order valence-corrected chi connectivity index (χ4v) is 2.59. The third kappa shape index (κ3) is 3.13. The normalized spacial score (nSPS) is 14.0. The van der Waals surface area contributed by atoms with Crippen molar-refractivity contribution in [2.75, 3.05) is 6.26 Å². The lowest BCUT2D eigenvalue weighted by Gasteiger charge is -2.15. The molecule has 1 aromatic carbocycles. The van der Waals surface area contributed by atoms with Gasteiger partial charge in [0.1, 0.15) is 0 Å². The van der Waals surface area contributed by atoms with E-state index in [9.17, 15) is 14.7 Å². The molecule has 2 N–H and O–H groups in total. The Kier molecular flexibility index (Phi) is 5.37. The molecule has 0 heterocycles. The van der Waals surface area contributed by atoms with Gasteiger partial charge in [-0.05, 0) is 13.2 Å². The zero-order valence-electron chi connectivity index (χ0n) is 9.88. The van der Waals surface area contributed by atoms with Crippen molar-refractivity contribution in [2.45, 2.75) is 22.8 Å². The Morgan fingerprint density at radius 3 is 2.44 bits per heavy atom. The van der Waals surface area contributed by atoms with Crippen LogP contribution in [0.15, 0.2) is 23.1 Å². The zero-order chi connectivity index (χ0) is 13.9. The van der Waals surface area contributed by atoms with Crippen LogP contribution in [0.25, 0.3) is 0 Å². The number of Topliss-reactive ketones (excluding diaryl/α,β-unsaturated/α-hetero) is 1. The van der Waals surface area contributed by atoms with Gasteiger partial charge in [0, 0.05) is 16.0 Å². The molecule has 18 heavy (non-hydrogen) atoms. The first-order chi connectivity index (χ1) is 8.40. The fourth-order valence-electron chi connectivity index (χ4n) is 1.54. The van der Waals surface area contributed by atoms with Crippen LogP contribution in [0.5, 0.6) is 0 Å². The monoisotopic (exact) mass is 332 g/mol. The number of carboxylic acid groups (broad SMARTS) is 1. The molecule has 0 radical (unpaired) electrons. The minimum atomic E-state index is -1.62. The van der Waals surface area contributed by atoms with Gasteiger partial charge in [-0.15, -0.1) is 11.8 Å². The summed E-state index contributed by atoms with van der Waals surface area (Å²) in [5.74, 6) is -1.47. The maximum absolute atomic E-state index is 12.0. The number of benzene rings is 1. The Morgan fingerprint density at radius 2 is 2.00 bits per heavy atom. The maximum Gasteiger partial charge on any atom is 0.337 e. The average Bonchev–Trinajstić information content (AvgIpc) is 2.35. The molecule has 0 saturated carbocycles. The maximum atomic E-state index is 12.0. The zero-order valence-corrected chi connectivity index (χ0v) is 12.3. The van der Waals surface area contributed by atoms with Crippen molar-refractivity contribution >= 4 is 39.4 Å². The number of aliphatic hydroxyl groups excluding tert-OH is 1. The number of rotatable bonds is 5. The van der Waals surface area contributed by atoms with Gasteiger partial charge >= 0.3 is 5.97 Å². The van der Waals surface area contributed by atoms with E-state index in [-0.39, 0.29) is 16.2 Å². The van der Waals surface area contributed by atoms with Crippen molar-refractivity contribution in [3.05, 3.63) is 29.3 Å². The molecule has 0 aliphatic carbocycles. The summed E-state index contributed by atoms with van der Waals surface area (Å²) in [6, 6.07) is 4.72. The highest BCUT2D eigenvalue weighted by atomic mass is 79.9. The van der Waals surface area contributed by atoms with Crippen molar-refractivity contribution < 1.29 is 19.8 Å². The third-order valence-corrected chi connectivity index (χ3v) is 3.68. The summed E-state index contributed by atoms with van der Waals surface area (Å²) in [6.07, 6.45) is 0.120. The smallest absolute Gasteiger partial charge is 0.337 e. The summed E-state index contributed by atoms with van der Waals surface area (Å²) in [4.78, 5) is 23.0. The van der Waals surface area contributed by atoms with Gasteiger partial charge in [-0.1, -0.05) is 34.1 Å². The number of aliphatic carboxylic acids is 1. The molecule has 0 aliphatic rings. The minimum Gasteiger partial charge on any atom is -0.479 e. The van der Waals surface area contributed by atoms with Crippen LogP contribution in [-0.4, -0.2) is 33.0 Å². The van der Waals surface area contributed by atoms with Crippen molar-refractivity contribution in [3.63, 3.8) is 0 Å². The molecular weight excluding hydrogens is 320 g/mol. The van der Waals surface area contributed by atoms with Crippen LogP contribution in [0.1, 0.15) is 28.9 Å². The Hall–Kier alpha value is -0.850. The Bertz CT molecular complexity index is 473. The number of thioether (sulfide) groups is 1. The molecule has 0 bridgehead atoms. The van der Waals surface area contributed by atoms with Crippen molar-refractivity contribution in [2.24, 2.45) is 0 Å². The third-order valence-electron chi connectivity index (χ3n) is 2.40. The second kappa shape index (κ2) is 6.36. The predicted molar refractivity (Wildman–Crippen MR) is 73.5 cm³/mol. The molecule has 1 rings (SSSR count). The largest absolute Gasteiger partial charge is 0.479 e. The lowest BCUT2D eigenvalue weighted by atomic mass is 10.0. The second-order valence-electron chi connectivity index (χ2n) is 3.65. The first kappa shape index (κ1) is 15.2. The highest BCUT2D eigenvalue weighted by Gasteiger charge is 2.24. The molecule has 2 atom stereocenters. The number of aliphatic hydroxyl groups is 1. The lowest BCUT2D eigenvalue weighted by molar-refractivity contribution is -0.147. The van der Waals surface area contributed by atoms with Gasteiger partial charge in [0.15, 0.2) is 11.9 Å². The van der Waals surface area contributed by atoms with Crippen LogP contribution in [0.4, 0.5) is 0 Å². The summed E-state index contributed by atoms with van der Waals surface area (Å²) in [5.41, 5.74) is 0.665. The SMILES string of the molecule is CSc1c(C(=O)C(C)Br)cccc1C(O)C(=O)O. The summed E-state index contributed by atoms with van der Waals surface area (Å²) in [6.45, 7) is 1.70. The Labute approximate surface area is 118 Å². The first-order valence-electron chi connectivity index (χ1n) is 5.16. The van der Waals surface area contributed by atoms with E-state index in [1.54, 1.807) is 25.3 Å². The number of hydrogen-bond donors (Lipinski definition) is 2. The van der Waals surface area contributed by atoms with Gasteiger partial charge in [-0.3, -0.25) is 4.79 Å². The molecule has 0 aromatic heterocycles. The van der Waals surface area contributed by atoms with Crippen LogP contribution in [0, 0.1) is 0 Å². The van der Waals surface area contributed by atoms with Crippen molar-refractivity contribution in [3.8, 4) is 0 Å². The van der Waals surface area contributed by atoms with E-state index in [4.69, 9.17) is 5.11 Å². The van der Waals surface area contributed by atoms with Crippen LogP contribution >= 0.6 is 27.7 Å². The van der Waals surface area contributed by atoms with E-state index in [2.05, 4.69) is 15.9 Å². The highest BCUT2D eigenvalue weighted by Crippen LogP contribution is 2.31. The van der Waals surface area contributed by atoms with Crippen LogP contribution in [0.2, 0.25) is 0 Å². The highest BCUT2D eigenvalue weighted by molar-refractivity contribution is 9.10. The molecule has 1 aromatic rings. The molecule has 0 saturated heterocycles. The molecule has 0 amide bonds. The average molecular weight is 333 g/mol. The first-order valence-corrected chi connectivity index (χ1v) is 7.30. The summed E-state index contributed by atoms with van der Waals surface area (Å²) >= 11 is 4.44. The fraction of sp³-hybridized carbons (Fsp3) is 0.333. The molecule has 0 aliphatic heterocycles. The van der Waals surface area contributed by atoms with E-state index in [0.717, 1.165) is 0 Å². The van der Waals surface area contributed by atoms with Crippen LogP contribution in [0.3, 0.4) is 0 Å². The predicted octanol–water partition coefficient (Wildman–Crippen LogP) is 2.49. The number of ketones is 1. The van der Waals surface area contributed by atoms with Gasteiger partial charge in [0.25, 0.3) is 0 Å². The Balaban J connectivity index is 3.35. The van der Waals surface area contributed by atoms with E-state index in [1.807, 2.05) is 0 Å². The molecule has 2 unspecified atom stereocenters. The molecule has 98 valence electrons. The summed E-state index contributed by atoms with van der Waals surface area (Å²) in [7, 11) is 0. The van der Waals surface area contributed by atoms with Gasteiger partial charge in [0.2, 0.25) is 0 Å². The number of carbonyl (C=O) groups excluding carboxylic acids is 1. The molecule has 0 fully saturated rings. The number of hydrogen-bond acceptors (Lipinski definition) is 4. The van der Waals surface area contributed by atoms with Gasteiger partial charge < -0.3 is 10.2 Å². The number of carboxylic acids is 1. The number of alkyl halides is 1. The standard InChI is InChI=1S/C12H13BrO4S/c1-6(13)9(14)7-4-3-5-8(11(7)18-2)10(15)12(16)17/h3-6,10,15H,1-2H3,(H,16,17).